The topological polar surface area (TPSA) is 29.3 Å². The van der Waals surface area contributed by atoms with Crippen molar-refractivity contribution in [2.75, 3.05) is 11.4 Å². The van der Waals surface area contributed by atoms with Gasteiger partial charge in [0.2, 0.25) is 0 Å². The maximum absolute atomic E-state index is 14.0. The summed E-state index contributed by atoms with van der Waals surface area (Å²) in [7, 11) is 0. The third-order valence-electron chi connectivity index (χ3n) is 4.17. The maximum Gasteiger partial charge on any atom is 0.130 e. The van der Waals surface area contributed by atoms with Crippen LogP contribution in [-0.4, -0.2) is 12.6 Å². The van der Waals surface area contributed by atoms with Gasteiger partial charge in [-0.05, 0) is 44.7 Å². The summed E-state index contributed by atoms with van der Waals surface area (Å²) in [5.41, 5.74) is 7.56. The van der Waals surface area contributed by atoms with Crippen molar-refractivity contribution in [3.63, 3.8) is 0 Å². The van der Waals surface area contributed by atoms with E-state index < -0.39 is 0 Å². The number of halogens is 1. The minimum Gasteiger partial charge on any atom is -0.368 e. The second-order valence-corrected chi connectivity index (χ2v) is 5.51. The van der Waals surface area contributed by atoms with Crippen molar-refractivity contribution in [3.05, 3.63) is 29.6 Å². The fourth-order valence-electron chi connectivity index (χ4n) is 2.90. The molecule has 1 saturated heterocycles. The van der Waals surface area contributed by atoms with Gasteiger partial charge in [-0.15, -0.1) is 0 Å². The lowest BCUT2D eigenvalue weighted by atomic mass is 9.90. The SMILES string of the molecule is CC1CCCN(c2cccc(F)c2[C@@H](C)N)C1C. The Morgan fingerprint density at radius 2 is 2.11 bits per heavy atom. The van der Waals surface area contributed by atoms with E-state index in [4.69, 9.17) is 5.73 Å². The predicted octanol–water partition coefficient (Wildman–Crippen LogP) is 3.47. The first kappa shape index (κ1) is 13.3. The number of anilines is 1. The summed E-state index contributed by atoms with van der Waals surface area (Å²) >= 11 is 0. The number of rotatable bonds is 2. The molecule has 2 unspecified atom stereocenters. The standard InChI is InChI=1S/C15H23FN2/c1-10-6-5-9-18(12(10)3)14-8-4-7-13(16)15(14)11(2)17/h4,7-8,10-12H,5-6,9,17H2,1-3H3/t10?,11-,12?/m1/s1. The number of hydrogen-bond donors (Lipinski definition) is 1. The Morgan fingerprint density at radius 1 is 1.39 bits per heavy atom. The average molecular weight is 250 g/mol. The van der Waals surface area contributed by atoms with E-state index in [0.717, 1.165) is 12.2 Å². The van der Waals surface area contributed by atoms with E-state index in [1.54, 1.807) is 6.07 Å². The van der Waals surface area contributed by atoms with Crippen LogP contribution in [0.4, 0.5) is 10.1 Å². The number of benzene rings is 1. The van der Waals surface area contributed by atoms with Gasteiger partial charge in [0.1, 0.15) is 5.82 Å². The molecule has 1 aliphatic rings. The molecule has 0 radical (unpaired) electrons. The lowest BCUT2D eigenvalue weighted by Crippen LogP contribution is -2.43. The van der Waals surface area contributed by atoms with Gasteiger partial charge in [-0.1, -0.05) is 13.0 Å². The van der Waals surface area contributed by atoms with Gasteiger partial charge < -0.3 is 10.6 Å². The number of hydrogen-bond acceptors (Lipinski definition) is 2. The van der Waals surface area contributed by atoms with Gasteiger partial charge in [0.05, 0.1) is 0 Å². The molecule has 18 heavy (non-hydrogen) atoms. The number of piperidine rings is 1. The van der Waals surface area contributed by atoms with Crippen LogP contribution in [0.15, 0.2) is 18.2 Å². The van der Waals surface area contributed by atoms with Crippen LogP contribution in [0.25, 0.3) is 0 Å². The van der Waals surface area contributed by atoms with Crippen LogP contribution in [0.3, 0.4) is 0 Å². The van der Waals surface area contributed by atoms with Gasteiger partial charge in [0, 0.05) is 29.9 Å². The second kappa shape index (κ2) is 5.27. The van der Waals surface area contributed by atoms with E-state index in [2.05, 4.69) is 18.7 Å². The average Bonchev–Trinajstić information content (AvgIpc) is 2.32. The summed E-state index contributed by atoms with van der Waals surface area (Å²) in [5, 5.41) is 0. The Bertz CT molecular complexity index is 417. The first-order valence-electron chi connectivity index (χ1n) is 6.83. The highest BCUT2D eigenvalue weighted by molar-refractivity contribution is 5.56. The van der Waals surface area contributed by atoms with Crippen LogP contribution >= 0.6 is 0 Å². The van der Waals surface area contributed by atoms with Crippen molar-refractivity contribution in [1.82, 2.24) is 0 Å². The molecule has 0 saturated carbocycles. The Morgan fingerprint density at radius 3 is 2.78 bits per heavy atom. The summed E-state index contributed by atoms with van der Waals surface area (Å²) in [6, 6.07) is 5.45. The largest absolute Gasteiger partial charge is 0.368 e. The van der Waals surface area contributed by atoms with Crippen LogP contribution in [0, 0.1) is 11.7 Å². The highest BCUT2D eigenvalue weighted by Gasteiger charge is 2.27. The zero-order chi connectivity index (χ0) is 13.3. The highest BCUT2D eigenvalue weighted by Crippen LogP contribution is 2.34. The lowest BCUT2D eigenvalue weighted by molar-refractivity contribution is 0.362. The molecule has 3 atom stereocenters. The van der Waals surface area contributed by atoms with Crippen LogP contribution in [0.5, 0.6) is 0 Å². The van der Waals surface area contributed by atoms with Gasteiger partial charge in [-0.2, -0.15) is 0 Å². The zero-order valence-electron chi connectivity index (χ0n) is 11.5. The highest BCUT2D eigenvalue weighted by atomic mass is 19.1. The minimum absolute atomic E-state index is 0.187. The molecule has 1 aromatic rings. The van der Waals surface area contributed by atoms with Crippen molar-refractivity contribution in [1.29, 1.82) is 0 Å². The van der Waals surface area contributed by atoms with E-state index >= 15 is 0 Å². The van der Waals surface area contributed by atoms with Crippen LogP contribution in [-0.2, 0) is 0 Å². The van der Waals surface area contributed by atoms with E-state index in [-0.39, 0.29) is 11.9 Å². The molecule has 0 spiro atoms. The molecule has 2 nitrogen and oxygen atoms in total. The fourth-order valence-corrected chi connectivity index (χ4v) is 2.90. The molecule has 0 bridgehead atoms. The van der Waals surface area contributed by atoms with Crippen LogP contribution < -0.4 is 10.6 Å². The smallest absolute Gasteiger partial charge is 0.130 e. The van der Waals surface area contributed by atoms with Crippen molar-refractivity contribution in [3.8, 4) is 0 Å². The van der Waals surface area contributed by atoms with E-state index in [1.807, 2.05) is 13.0 Å². The fraction of sp³-hybridized carbons (Fsp3) is 0.600. The molecule has 100 valence electrons. The quantitative estimate of drug-likeness (QED) is 0.871. The van der Waals surface area contributed by atoms with E-state index in [0.29, 0.717) is 17.5 Å². The Labute approximate surface area is 109 Å². The third-order valence-corrected chi connectivity index (χ3v) is 4.17. The molecule has 1 fully saturated rings. The molecule has 2 N–H and O–H groups in total. The van der Waals surface area contributed by atoms with Gasteiger partial charge in [0.25, 0.3) is 0 Å². The minimum atomic E-state index is -0.273. The van der Waals surface area contributed by atoms with Crippen molar-refractivity contribution in [2.45, 2.75) is 45.7 Å². The van der Waals surface area contributed by atoms with Crippen LogP contribution in [0.2, 0.25) is 0 Å². The third kappa shape index (κ3) is 2.37. The monoisotopic (exact) mass is 250 g/mol. The molecule has 2 rings (SSSR count). The van der Waals surface area contributed by atoms with Crippen molar-refractivity contribution >= 4 is 5.69 Å². The maximum atomic E-state index is 14.0. The number of nitrogens with two attached hydrogens (primary N) is 1. The summed E-state index contributed by atoms with van der Waals surface area (Å²) < 4.78 is 14.0. The second-order valence-electron chi connectivity index (χ2n) is 5.51. The summed E-state index contributed by atoms with van der Waals surface area (Å²) in [5.74, 6) is 0.455. The zero-order valence-corrected chi connectivity index (χ0v) is 11.5. The van der Waals surface area contributed by atoms with E-state index in [9.17, 15) is 4.39 Å². The summed E-state index contributed by atoms with van der Waals surface area (Å²) in [6.45, 7) is 7.33. The molecule has 1 aromatic carbocycles. The lowest BCUT2D eigenvalue weighted by Gasteiger charge is -2.41. The molecule has 1 aliphatic heterocycles. The Hall–Kier alpha value is -1.09. The first-order valence-corrected chi connectivity index (χ1v) is 6.83. The first-order chi connectivity index (χ1) is 8.52. The summed E-state index contributed by atoms with van der Waals surface area (Å²) in [4.78, 5) is 2.32. The molecular formula is C15H23FN2. The summed E-state index contributed by atoms with van der Waals surface area (Å²) in [6.07, 6.45) is 2.42. The predicted molar refractivity (Wildman–Crippen MR) is 74.2 cm³/mol. The molecule has 0 aromatic heterocycles. The molecule has 1 heterocycles. The van der Waals surface area contributed by atoms with Gasteiger partial charge in [0.15, 0.2) is 0 Å². The number of nitrogens with zero attached hydrogens (tertiary/aromatic N) is 1. The van der Waals surface area contributed by atoms with Gasteiger partial charge in [-0.3, -0.25) is 0 Å². The van der Waals surface area contributed by atoms with Crippen LogP contribution in [0.1, 0.15) is 45.2 Å². The molecule has 0 amide bonds. The van der Waals surface area contributed by atoms with E-state index in [1.165, 1.54) is 18.9 Å². The van der Waals surface area contributed by atoms with Crippen molar-refractivity contribution < 1.29 is 4.39 Å². The Balaban J connectivity index is 2.41. The molecular weight excluding hydrogens is 227 g/mol. The van der Waals surface area contributed by atoms with Gasteiger partial charge in [-0.25, -0.2) is 4.39 Å². The molecule has 3 heteroatoms. The molecule has 0 aliphatic carbocycles. The van der Waals surface area contributed by atoms with Gasteiger partial charge >= 0.3 is 0 Å². The van der Waals surface area contributed by atoms with Crippen molar-refractivity contribution in [2.24, 2.45) is 11.7 Å². The normalized spacial score (nSPS) is 26.2. The Kier molecular flexibility index (Phi) is 3.91.